The van der Waals surface area contributed by atoms with E-state index in [9.17, 15) is 4.79 Å². The van der Waals surface area contributed by atoms with Gasteiger partial charge >= 0.3 is 0 Å². The van der Waals surface area contributed by atoms with E-state index in [2.05, 4.69) is 10.2 Å². The molecule has 0 bridgehead atoms. The van der Waals surface area contributed by atoms with Crippen LogP contribution in [0, 0.1) is 0 Å². The fraction of sp³-hybridized carbons (Fsp3) is 0.350. The van der Waals surface area contributed by atoms with Crippen molar-refractivity contribution in [3.8, 4) is 5.75 Å². The van der Waals surface area contributed by atoms with Crippen molar-refractivity contribution in [3.63, 3.8) is 0 Å². The van der Waals surface area contributed by atoms with Crippen LogP contribution in [0.25, 0.3) is 0 Å². The predicted octanol–water partition coefficient (Wildman–Crippen LogP) is 3.65. The number of fused-ring (bicyclic) bond motifs is 1. The molecule has 1 aliphatic heterocycles. The third-order valence-electron chi connectivity index (χ3n) is 4.15. The molecule has 0 spiro atoms. The first-order chi connectivity index (χ1) is 12.5. The summed E-state index contributed by atoms with van der Waals surface area (Å²) >= 11 is 6.14. The minimum absolute atomic E-state index is 0. The Morgan fingerprint density at radius 3 is 2.63 bits per heavy atom. The Hall–Kier alpha value is -1.79. The van der Waals surface area contributed by atoms with Crippen molar-refractivity contribution in [2.45, 2.75) is 18.8 Å². The zero-order valence-electron chi connectivity index (χ0n) is 15.4. The van der Waals surface area contributed by atoms with E-state index in [1.54, 1.807) is 12.1 Å². The second-order valence-electron chi connectivity index (χ2n) is 6.51. The van der Waals surface area contributed by atoms with Crippen molar-refractivity contribution in [2.75, 3.05) is 27.2 Å². The molecule has 1 heterocycles. The molecule has 7 heteroatoms. The summed E-state index contributed by atoms with van der Waals surface area (Å²) < 4.78 is 11.8. The summed E-state index contributed by atoms with van der Waals surface area (Å²) in [7, 11) is 4.00. The summed E-state index contributed by atoms with van der Waals surface area (Å²) in [6.07, 6.45) is -0.538. The van der Waals surface area contributed by atoms with E-state index in [4.69, 9.17) is 21.1 Å². The number of amides is 1. The van der Waals surface area contributed by atoms with Gasteiger partial charge in [-0.05, 0) is 50.8 Å². The maximum Gasteiger partial charge on any atom is 0.289 e. The highest BCUT2D eigenvalue weighted by atomic mass is 35.5. The highest BCUT2D eigenvalue weighted by molar-refractivity contribution is 6.30. The fourth-order valence-corrected chi connectivity index (χ4v) is 3.04. The Balaban J connectivity index is 0.00000261. The second kappa shape index (κ2) is 9.95. The summed E-state index contributed by atoms with van der Waals surface area (Å²) in [4.78, 5) is 14.6. The van der Waals surface area contributed by atoms with Gasteiger partial charge in [-0.2, -0.15) is 0 Å². The molecule has 0 saturated carbocycles. The van der Waals surface area contributed by atoms with Crippen molar-refractivity contribution in [1.82, 2.24) is 10.2 Å². The molecule has 0 aromatic heterocycles. The topological polar surface area (TPSA) is 50.8 Å². The molecular formula is C20H24Cl2N2O3. The van der Waals surface area contributed by atoms with E-state index in [1.807, 2.05) is 50.5 Å². The van der Waals surface area contributed by atoms with Crippen molar-refractivity contribution >= 4 is 29.9 Å². The Bertz CT molecular complexity index is 756. The molecular weight excluding hydrogens is 387 g/mol. The number of carbonyl (C=O) groups excluding carboxylic acids is 1. The Labute approximate surface area is 171 Å². The molecule has 146 valence electrons. The summed E-state index contributed by atoms with van der Waals surface area (Å²) in [5.74, 6) is 0.341. The van der Waals surface area contributed by atoms with Gasteiger partial charge in [0, 0.05) is 17.1 Å². The number of halogens is 2. The van der Waals surface area contributed by atoms with Crippen LogP contribution in [0.1, 0.15) is 23.7 Å². The van der Waals surface area contributed by atoms with Crippen molar-refractivity contribution in [1.29, 1.82) is 0 Å². The highest BCUT2D eigenvalue weighted by Gasteiger charge is 2.34. The molecule has 1 amide bonds. The molecule has 0 radical (unpaired) electrons. The van der Waals surface area contributed by atoms with Gasteiger partial charge in [-0.1, -0.05) is 41.9 Å². The lowest BCUT2D eigenvalue weighted by Crippen LogP contribution is -2.43. The van der Waals surface area contributed by atoms with Crippen LogP contribution < -0.4 is 10.1 Å². The molecule has 2 aromatic rings. The minimum Gasteiger partial charge on any atom is -0.455 e. The molecule has 3 rings (SSSR count). The molecule has 27 heavy (non-hydrogen) atoms. The van der Waals surface area contributed by atoms with Gasteiger partial charge in [0.25, 0.3) is 12.2 Å². The van der Waals surface area contributed by atoms with Crippen LogP contribution in [0.2, 0.25) is 5.02 Å². The van der Waals surface area contributed by atoms with E-state index in [0.29, 0.717) is 17.3 Å². The molecule has 0 aliphatic carbocycles. The zero-order chi connectivity index (χ0) is 18.5. The third-order valence-corrected chi connectivity index (χ3v) is 4.38. The van der Waals surface area contributed by atoms with E-state index in [1.165, 1.54) is 0 Å². The van der Waals surface area contributed by atoms with Gasteiger partial charge in [-0.15, -0.1) is 12.4 Å². The summed E-state index contributed by atoms with van der Waals surface area (Å²) in [5, 5.41) is 3.48. The first-order valence-corrected chi connectivity index (χ1v) is 9.01. The first-order valence-electron chi connectivity index (χ1n) is 8.63. The third kappa shape index (κ3) is 5.59. The smallest absolute Gasteiger partial charge is 0.289 e. The normalized spacial score (nSPS) is 18.2. The highest BCUT2D eigenvalue weighted by Crippen LogP contribution is 2.39. The molecule has 1 aliphatic rings. The number of nitrogens with zero attached hydrogens (tertiary/aromatic N) is 1. The lowest BCUT2D eigenvalue weighted by atomic mass is 9.99. The quantitative estimate of drug-likeness (QED) is 0.738. The number of carbonyl (C=O) groups is 1. The van der Waals surface area contributed by atoms with E-state index in [-0.39, 0.29) is 18.3 Å². The summed E-state index contributed by atoms with van der Waals surface area (Å²) in [5.41, 5.74) is 1.77. The van der Waals surface area contributed by atoms with Crippen LogP contribution in [0.5, 0.6) is 5.75 Å². The maximum absolute atomic E-state index is 12.5. The second-order valence-corrected chi connectivity index (χ2v) is 6.94. The van der Waals surface area contributed by atoms with Crippen LogP contribution in [0.3, 0.4) is 0 Å². The SMILES string of the molecule is CN(C)CCCNC(=O)[C@H]1Oc2ccc(Cl)cc2[C@H](c2ccccc2)O1.Cl. The fourth-order valence-electron chi connectivity index (χ4n) is 2.86. The van der Waals surface area contributed by atoms with Gasteiger partial charge in [0.05, 0.1) is 0 Å². The maximum atomic E-state index is 12.5. The molecule has 0 fully saturated rings. The van der Waals surface area contributed by atoms with E-state index >= 15 is 0 Å². The molecule has 0 saturated heterocycles. The number of hydrogen-bond donors (Lipinski definition) is 1. The van der Waals surface area contributed by atoms with Crippen molar-refractivity contribution < 1.29 is 14.3 Å². The van der Waals surface area contributed by atoms with Gasteiger partial charge in [0.1, 0.15) is 11.9 Å². The van der Waals surface area contributed by atoms with Crippen molar-refractivity contribution in [2.24, 2.45) is 0 Å². The summed E-state index contributed by atoms with van der Waals surface area (Å²) in [6.45, 7) is 1.48. The van der Waals surface area contributed by atoms with E-state index < -0.39 is 12.4 Å². The molecule has 0 unspecified atom stereocenters. The van der Waals surface area contributed by atoms with Crippen LogP contribution in [0.4, 0.5) is 0 Å². The average molecular weight is 411 g/mol. The van der Waals surface area contributed by atoms with Crippen LogP contribution in [-0.4, -0.2) is 44.3 Å². The number of rotatable bonds is 6. The number of benzene rings is 2. The number of ether oxygens (including phenoxy) is 2. The zero-order valence-corrected chi connectivity index (χ0v) is 16.9. The number of hydrogen-bond acceptors (Lipinski definition) is 4. The van der Waals surface area contributed by atoms with E-state index in [0.717, 1.165) is 24.1 Å². The lowest BCUT2D eigenvalue weighted by molar-refractivity contribution is -0.165. The molecule has 5 nitrogen and oxygen atoms in total. The largest absolute Gasteiger partial charge is 0.455 e. The predicted molar refractivity (Wildman–Crippen MR) is 109 cm³/mol. The van der Waals surface area contributed by atoms with Crippen LogP contribution in [-0.2, 0) is 9.53 Å². The Kier molecular flexibility index (Phi) is 7.92. The Morgan fingerprint density at radius 2 is 1.93 bits per heavy atom. The van der Waals surface area contributed by atoms with Crippen molar-refractivity contribution in [3.05, 3.63) is 64.7 Å². The van der Waals surface area contributed by atoms with Gasteiger partial charge in [0.15, 0.2) is 0 Å². The van der Waals surface area contributed by atoms with Gasteiger partial charge in [0.2, 0.25) is 0 Å². The Morgan fingerprint density at radius 1 is 1.19 bits per heavy atom. The minimum atomic E-state index is -0.992. The average Bonchev–Trinajstić information content (AvgIpc) is 2.64. The van der Waals surface area contributed by atoms with Gasteiger partial charge < -0.3 is 19.7 Å². The molecule has 2 aromatic carbocycles. The lowest BCUT2D eigenvalue weighted by Gasteiger charge is -2.32. The first kappa shape index (κ1) is 21.5. The van der Waals surface area contributed by atoms with Crippen LogP contribution >= 0.6 is 24.0 Å². The summed E-state index contributed by atoms with van der Waals surface area (Å²) in [6, 6.07) is 15.1. The van der Waals surface area contributed by atoms with Crippen LogP contribution in [0.15, 0.2) is 48.5 Å². The molecule has 2 atom stereocenters. The molecule has 1 N–H and O–H groups in total. The monoisotopic (exact) mass is 410 g/mol. The van der Waals surface area contributed by atoms with Gasteiger partial charge in [-0.3, -0.25) is 4.79 Å². The van der Waals surface area contributed by atoms with Gasteiger partial charge in [-0.25, -0.2) is 0 Å². The standard InChI is InChI=1S/C20H23ClN2O3.ClH/c1-23(2)12-6-11-22-19(24)20-25-17-10-9-15(21)13-16(17)18(26-20)14-7-4-3-5-8-14;/h3-5,7-10,13,18,20H,6,11-12H2,1-2H3,(H,22,24);1H/t18-,20-;/m0./s1. The number of nitrogens with one attached hydrogen (secondary N) is 1.